The smallest absolute Gasteiger partial charge is 0.127 e. The molecule has 0 saturated carbocycles. The Morgan fingerprint density at radius 2 is 1.93 bits per heavy atom. The molecular formula is C23H20N6S. The Kier molecular flexibility index (Phi) is 3.64. The van der Waals surface area contributed by atoms with Crippen LogP contribution in [0.5, 0.6) is 0 Å². The fourth-order valence-electron chi connectivity index (χ4n) is 4.16. The first-order valence-corrected chi connectivity index (χ1v) is 10.7. The van der Waals surface area contributed by atoms with Crippen molar-refractivity contribution >= 4 is 28.1 Å². The lowest BCUT2D eigenvalue weighted by molar-refractivity contribution is 0.797. The highest BCUT2D eigenvalue weighted by Crippen LogP contribution is 2.46. The van der Waals surface area contributed by atoms with Crippen molar-refractivity contribution in [3.63, 3.8) is 0 Å². The van der Waals surface area contributed by atoms with Crippen LogP contribution in [-0.4, -0.2) is 39.1 Å². The van der Waals surface area contributed by atoms with E-state index in [0.29, 0.717) is 0 Å². The normalized spacial score (nSPS) is 12.4. The Bertz CT molecular complexity index is 1400. The number of aromatic amines is 1. The number of thiophene rings is 1. The van der Waals surface area contributed by atoms with Crippen LogP contribution in [0.3, 0.4) is 0 Å². The number of nitrogens with one attached hydrogen (secondary N) is 1. The average Bonchev–Trinajstić information content (AvgIpc) is 3.49. The number of hydrogen-bond acceptors (Lipinski definition) is 5. The van der Waals surface area contributed by atoms with Gasteiger partial charge < -0.3 is 4.90 Å². The van der Waals surface area contributed by atoms with Gasteiger partial charge in [0.2, 0.25) is 0 Å². The first-order valence-electron chi connectivity index (χ1n) is 9.84. The van der Waals surface area contributed by atoms with E-state index in [1.165, 1.54) is 20.9 Å². The van der Waals surface area contributed by atoms with Gasteiger partial charge in [-0.1, -0.05) is 12.1 Å². The van der Waals surface area contributed by atoms with Gasteiger partial charge in [-0.05, 0) is 24.3 Å². The summed E-state index contributed by atoms with van der Waals surface area (Å²) in [6.07, 6.45) is 4.76. The van der Waals surface area contributed by atoms with Crippen LogP contribution in [0.2, 0.25) is 0 Å². The summed E-state index contributed by atoms with van der Waals surface area (Å²) in [7, 11) is 5.98. The van der Waals surface area contributed by atoms with Crippen molar-refractivity contribution < 1.29 is 0 Å². The van der Waals surface area contributed by atoms with Crippen molar-refractivity contribution in [1.29, 1.82) is 0 Å². The number of nitrogens with zero attached hydrogens (tertiary/aromatic N) is 5. The van der Waals surface area contributed by atoms with Gasteiger partial charge in [0.15, 0.2) is 0 Å². The predicted molar refractivity (Wildman–Crippen MR) is 122 cm³/mol. The lowest BCUT2D eigenvalue weighted by atomic mass is 10.0. The fraction of sp³-hybridized carbons (Fsp3) is 0.174. The zero-order chi connectivity index (χ0) is 20.4. The van der Waals surface area contributed by atoms with E-state index < -0.39 is 0 Å². The molecule has 0 unspecified atom stereocenters. The monoisotopic (exact) mass is 412 g/mol. The molecule has 0 bridgehead atoms. The molecule has 0 atom stereocenters. The summed E-state index contributed by atoms with van der Waals surface area (Å²) in [5.74, 6) is 0.966. The van der Waals surface area contributed by atoms with Gasteiger partial charge in [-0.25, -0.2) is 4.98 Å². The molecule has 1 aromatic carbocycles. The molecular weight excluding hydrogens is 392 g/mol. The second kappa shape index (κ2) is 6.27. The molecule has 30 heavy (non-hydrogen) atoms. The zero-order valence-corrected chi connectivity index (χ0v) is 17.8. The highest BCUT2D eigenvalue weighted by Gasteiger charge is 2.28. The summed E-state index contributed by atoms with van der Waals surface area (Å²) in [6.45, 7) is 0. The maximum Gasteiger partial charge on any atom is 0.127 e. The van der Waals surface area contributed by atoms with E-state index in [1.54, 1.807) is 0 Å². The van der Waals surface area contributed by atoms with Crippen molar-refractivity contribution in [3.05, 3.63) is 59.2 Å². The Morgan fingerprint density at radius 1 is 1.07 bits per heavy atom. The molecule has 7 heteroatoms. The molecule has 6 nitrogen and oxygen atoms in total. The standard InChI is InChI=1S/C23H20N6S/c1-28(2)21-7-6-15(11-24-21)19-9-16-20(30-19)10-17-22(26-27-23(16)17)13-4-5-14-12-25-29(3)18(14)8-13/h4-9,11-12H,10H2,1-3H3,(H,26,27). The number of aromatic nitrogens is 5. The molecule has 4 aromatic heterocycles. The molecule has 6 rings (SSSR count). The minimum Gasteiger partial charge on any atom is -0.363 e. The number of benzene rings is 1. The Morgan fingerprint density at radius 3 is 2.73 bits per heavy atom. The highest BCUT2D eigenvalue weighted by atomic mass is 32.1. The van der Waals surface area contributed by atoms with Gasteiger partial charge in [0, 0.05) is 71.2 Å². The summed E-state index contributed by atoms with van der Waals surface area (Å²) in [4.78, 5) is 9.20. The second-order valence-corrected chi connectivity index (χ2v) is 9.03. The topological polar surface area (TPSA) is 62.6 Å². The minimum atomic E-state index is 0.911. The van der Waals surface area contributed by atoms with Crippen LogP contribution in [0.1, 0.15) is 10.4 Å². The van der Waals surface area contributed by atoms with Crippen LogP contribution < -0.4 is 4.90 Å². The number of fused-ring (bicyclic) bond motifs is 4. The summed E-state index contributed by atoms with van der Waals surface area (Å²) in [6, 6.07) is 12.9. The lowest BCUT2D eigenvalue weighted by Crippen LogP contribution is -2.09. The molecule has 0 radical (unpaired) electrons. The molecule has 1 aliphatic rings. The molecule has 1 aliphatic carbocycles. The van der Waals surface area contributed by atoms with Gasteiger partial charge >= 0.3 is 0 Å². The fourth-order valence-corrected chi connectivity index (χ4v) is 5.33. The van der Waals surface area contributed by atoms with Crippen molar-refractivity contribution in [3.8, 4) is 33.0 Å². The van der Waals surface area contributed by atoms with E-state index in [1.807, 2.05) is 54.5 Å². The molecule has 0 amide bonds. The number of anilines is 1. The van der Waals surface area contributed by atoms with E-state index in [4.69, 9.17) is 0 Å². The third kappa shape index (κ3) is 2.52. The van der Waals surface area contributed by atoms with Crippen LogP contribution >= 0.6 is 11.3 Å². The quantitative estimate of drug-likeness (QED) is 0.457. The maximum absolute atomic E-state index is 4.67. The summed E-state index contributed by atoms with van der Waals surface area (Å²) in [5.41, 5.74) is 8.13. The van der Waals surface area contributed by atoms with E-state index in [-0.39, 0.29) is 0 Å². The summed E-state index contributed by atoms with van der Waals surface area (Å²) < 4.78 is 1.91. The lowest BCUT2D eigenvalue weighted by Gasteiger charge is -2.10. The molecule has 0 aliphatic heterocycles. The SMILES string of the molecule is CN(C)c1ccc(-c2cc3c(s2)Cc2c(-c4ccc5cnn(C)c5c4)n[nH]c2-3)cn1. The van der Waals surface area contributed by atoms with Crippen LogP contribution in [0.15, 0.2) is 48.8 Å². The van der Waals surface area contributed by atoms with Gasteiger partial charge in [0.1, 0.15) is 5.82 Å². The van der Waals surface area contributed by atoms with Crippen molar-refractivity contribution in [2.45, 2.75) is 6.42 Å². The third-order valence-corrected chi connectivity index (χ3v) is 6.98. The Balaban J connectivity index is 1.37. The van der Waals surface area contributed by atoms with E-state index in [0.717, 1.165) is 45.7 Å². The Labute approximate surface area is 177 Å². The van der Waals surface area contributed by atoms with Crippen molar-refractivity contribution in [1.82, 2.24) is 25.0 Å². The number of hydrogen-bond donors (Lipinski definition) is 1. The Hall–Kier alpha value is -3.45. The maximum atomic E-state index is 4.67. The summed E-state index contributed by atoms with van der Waals surface area (Å²) in [5, 5.41) is 13.5. The molecule has 0 fully saturated rings. The summed E-state index contributed by atoms with van der Waals surface area (Å²) >= 11 is 1.85. The van der Waals surface area contributed by atoms with Crippen molar-refractivity contribution in [2.24, 2.45) is 7.05 Å². The molecule has 0 spiro atoms. The van der Waals surface area contributed by atoms with Gasteiger partial charge in [-0.3, -0.25) is 9.78 Å². The van der Waals surface area contributed by atoms with Gasteiger partial charge in [-0.2, -0.15) is 10.2 Å². The van der Waals surface area contributed by atoms with E-state index >= 15 is 0 Å². The first kappa shape index (κ1) is 17.4. The number of aryl methyl sites for hydroxylation is 1. The number of H-pyrrole nitrogens is 1. The molecule has 5 aromatic rings. The van der Waals surface area contributed by atoms with Crippen LogP contribution in [0, 0.1) is 0 Å². The van der Waals surface area contributed by atoms with Crippen molar-refractivity contribution in [2.75, 3.05) is 19.0 Å². The third-order valence-electron chi connectivity index (χ3n) is 5.80. The van der Waals surface area contributed by atoms with Gasteiger partial charge in [0.25, 0.3) is 0 Å². The predicted octanol–water partition coefficient (Wildman–Crippen LogP) is 4.72. The van der Waals surface area contributed by atoms with Crippen LogP contribution in [0.25, 0.3) is 43.9 Å². The van der Waals surface area contributed by atoms with Crippen LogP contribution in [0.4, 0.5) is 5.82 Å². The van der Waals surface area contributed by atoms with Gasteiger partial charge in [-0.15, -0.1) is 11.3 Å². The second-order valence-electron chi connectivity index (χ2n) is 7.89. The largest absolute Gasteiger partial charge is 0.363 e. The van der Waals surface area contributed by atoms with E-state index in [9.17, 15) is 0 Å². The van der Waals surface area contributed by atoms with Gasteiger partial charge in [0.05, 0.1) is 23.1 Å². The molecule has 0 saturated heterocycles. The first-order chi connectivity index (χ1) is 14.6. The average molecular weight is 413 g/mol. The minimum absolute atomic E-state index is 0.911. The molecule has 1 N–H and O–H groups in total. The highest BCUT2D eigenvalue weighted by molar-refractivity contribution is 7.16. The molecule has 4 heterocycles. The van der Waals surface area contributed by atoms with E-state index in [2.05, 4.69) is 56.7 Å². The number of rotatable bonds is 3. The number of pyridine rings is 1. The zero-order valence-electron chi connectivity index (χ0n) is 17.0. The molecule has 148 valence electrons. The van der Waals surface area contributed by atoms with Crippen LogP contribution in [-0.2, 0) is 13.5 Å².